The minimum absolute atomic E-state index is 0.896. The Morgan fingerprint density at radius 3 is 2.14 bits per heavy atom. The molecule has 2 unspecified atom stereocenters. The number of rotatable bonds is 7. The lowest BCUT2D eigenvalue weighted by atomic mass is 9.85. The van der Waals surface area contributed by atoms with Crippen LogP contribution in [0.2, 0.25) is 0 Å². The van der Waals surface area contributed by atoms with Gasteiger partial charge in [0.05, 0.1) is 0 Å². The maximum Gasteiger partial charge on any atom is -0.0383 e. The summed E-state index contributed by atoms with van der Waals surface area (Å²) < 4.78 is 0. The maximum absolute atomic E-state index is 2.42. The zero-order valence-corrected chi connectivity index (χ0v) is 10.6. The lowest BCUT2D eigenvalue weighted by molar-refractivity contribution is 0.308. The Balaban J connectivity index is 2.24. The molecular formula is C14H28. The van der Waals surface area contributed by atoms with E-state index in [4.69, 9.17) is 0 Å². The van der Waals surface area contributed by atoms with E-state index in [1.54, 1.807) is 0 Å². The summed E-state index contributed by atoms with van der Waals surface area (Å²) >= 11 is 0. The van der Waals surface area contributed by atoms with Gasteiger partial charge in [-0.2, -0.15) is 0 Å². The Bertz CT molecular complexity index is 144. The van der Waals surface area contributed by atoms with Crippen LogP contribution < -0.4 is 0 Å². The third-order valence-electron chi connectivity index (χ3n) is 3.81. The molecule has 1 aliphatic carbocycles. The van der Waals surface area contributed by atoms with Gasteiger partial charge in [0.25, 0.3) is 0 Å². The SMILES string of the molecule is CCC(C)CC(CCC(C)C)C1CC1. The molecule has 0 nitrogen and oxygen atoms in total. The van der Waals surface area contributed by atoms with Crippen molar-refractivity contribution in [2.45, 2.75) is 66.2 Å². The second kappa shape index (κ2) is 5.78. The summed E-state index contributed by atoms with van der Waals surface area (Å²) in [6.45, 7) is 9.46. The molecule has 0 heteroatoms. The van der Waals surface area contributed by atoms with Gasteiger partial charge in [-0.15, -0.1) is 0 Å². The van der Waals surface area contributed by atoms with E-state index in [1.165, 1.54) is 38.5 Å². The van der Waals surface area contributed by atoms with Gasteiger partial charge in [-0.05, 0) is 49.4 Å². The van der Waals surface area contributed by atoms with Gasteiger partial charge in [-0.3, -0.25) is 0 Å². The summed E-state index contributed by atoms with van der Waals surface area (Å²) in [7, 11) is 0. The minimum atomic E-state index is 0.896. The number of hydrogen-bond acceptors (Lipinski definition) is 0. The second-order valence-corrected chi connectivity index (χ2v) is 5.82. The van der Waals surface area contributed by atoms with Gasteiger partial charge < -0.3 is 0 Å². The number of hydrogen-bond donors (Lipinski definition) is 0. The van der Waals surface area contributed by atoms with E-state index in [0.29, 0.717) is 0 Å². The van der Waals surface area contributed by atoms with Crippen LogP contribution in [0.4, 0.5) is 0 Å². The first kappa shape index (κ1) is 12.1. The summed E-state index contributed by atoms with van der Waals surface area (Å²) in [5, 5.41) is 0. The molecule has 0 aromatic rings. The fourth-order valence-corrected chi connectivity index (χ4v) is 2.34. The third kappa shape index (κ3) is 4.48. The summed E-state index contributed by atoms with van der Waals surface area (Å²) in [5.74, 6) is 4.02. The maximum atomic E-state index is 2.42. The molecular weight excluding hydrogens is 168 g/mol. The van der Waals surface area contributed by atoms with Crippen LogP contribution in [0.25, 0.3) is 0 Å². The normalized spacial score (nSPS) is 21.2. The van der Waals surface area contributed by atoms with Gasteiger partial charge >= 0.3 is 0 Å². The van der Waals surface area contributed by atoms with E-state index in [9.17, 15) is 0 Å². The summed E-state index contributed by atoms with van der Waals surface area (Å²) in [4.78, 5) is 0. The third-order valence-corrected chi connectivity index (χ3v) is 3.81. The van der Waals surface area contributed by atoms with Gasteiger partial charge in [0.2, 0.25) is 0 Å². The molecule has 1 rings (SSSR count). The van der Waals surface area contributed by atoms with Gasteiger partial charge in [0.1, 0.15) is 0 Å². The van der Waals surface area contributed by atoms with Crippen molar-refractivity contribution in [2.75, 3.05) is 0 Å². The Kier molecular flexibility index (Phi) is 4.98. The lowest BCUT2D eigenvalue weighted by Crippen LogP contribution is -2.09. The van der Waals surface area contributed by atoms with Crippen molar-refractivity contribution >= 4 is 0 Å². The second-order valence-electron chi connectivity index (χ2n) is 5.82. The Labute approximate surface area is 90.5 Å². The quantitative estimate of drug-likeness (QED) is 0.544. The molecule has 0 radical (unpaired) electrons. The Morgan fingerprint density at radius 2 is 1.71 bits per heavy atom. The molecule has 84 valence electrons. The van der Waals surface area contributed by atoms with Crippen molar-refractivity contribution in [2.24, 2.45) is 23.7 Å². The van der Waals surface area contributed by atoms with Crippen molar-refractivity contribution in [3.05, 3.63) is 0 Å². The molecule has 0 bridgehead atoms. The molecule has 14 heavy (non-hydrogen) atoms. The molecule has 2 atom stereocenters. The van der Waals surface area contributed by atoms with E-state index in [-0.39, 0.29) is 0 Å². The average Bonchev–Trinajstić information content (AvgIpc) is 2.94. The van der Waals surface area contributed by atoms with Crippen molar-refractivity contribution in [3.63, 3.8) is 0 Å². The van der Waals surface area contributed by atoms with E-state index < -0.39 is 0 Å². The molecule has 0 aromatic heterocycles. The summed E-state index contributed by atoms with van der Waals surface area (Å²) in [6, 6.07) is 0. The summed E-state index contributed by atoms with van der Waals surface area (Å²) in [6.07, 6.45) is 8.85. The largest absolute Gasteiger partial charge is 0.0651 e. The Morgan fingerprint density at radius 1 is 1.07 bits per heavy atom. The smallest absolute Gasteiger partial charge is 0.0383 e. The van der Waals surface area contributed by atoms with E-state index in [2.05, 4.69) is 27.7 Å². The van der Waals surface area contributed by atoms with Crippen molar-refractivity contribution in [1.29, 1.82) is 0 Å². The van der Waals surface area contributed by atoms with Crippen molar-refractivity contribution < 1.29 is 0 Å². The molecule has 0 amide bonds. The van der Waals surface area contributed by atoms with E-state index >= 15 is 0 Å². The minimum Gasteiger partial charge on any atom is -0.0651 e. The molecule has 0 aliphatic heterocycles. The predicted molar refractivity (Wildman–Crippen MR) is 64.4 cm³/mol. The lowest BCUT2D eigenvalue weighted by Gasteiger charge is -2.20. The highest BCUT2D eigenvalue weighted by Crippen LogP contribution is 2.42. The predicted octanol–water partition coefficient (Wildman–Crippen LogP) is 4.89. The monoisotopic (exact) mass is 196 g/mol. The van der Waals surface area contributed by atoms with Crippen LogP contribution in [-0.4, -0.2) is 0 Å². The van der Waals surface area contributed by atoms with Gasteiger partial charge in [-0.25, -0.2) is 0 Å². The molecule has 0 N–H and O–H groups in total. The molecule has 0 saturated heterocycles. The first-order valence-electron chi connectivity index (χ1n) is 6.63. The average molecular weight is 196 g/mol. The molecule has 0 heterocycles. The molecule has 1 fully saturated rings. The first-order valence-corrected chi connectivity index (χ1v) is 6.63. The fraction of sp³-hybridized carbons (Fsp3) is 1.00. The van der Waals surface area contributed by atoms with Crippen LogP contribution >= 0.6 is 0 Å². The molecule has 0 aromatic carbocycles. The van der Waals surface area contributed by atoms with E-state index in [1.807, 2.05) is 0 Å². The summed E-state index contributed by atoms with van der Waals surface area (Å²) in [5.41, 5.74) is 0. The standard InChI is InChI=1S/C14H28/c1-5-12(4)10-14(13-8-9-13)7-6-11(2)3/h11-14H,5-10H2,1-4H3. The first-order chi connectivity index (χ1) is 6.63. The highest BCUT2D eigenvalue weighted by molar-refractivity contribution is 4.82. The van der Waals surface area contributed by atoms with Crippen LogP contribution in [0.1, 0.15) is 66.2 Å². The van der Waals surface area contributed by atoms with Crippen LogP contribution in [-0.2, 0) is 0 Å². The van der Waals surface area contributed by atoms with Crippen LogP contribution in [0.5, 0.6) is 0 Å². The van der Waals surface area contributed by atoms with Crippen molar-refractivity contribution in [3.8, 4) is 0 Å². The van der Waals surface area contributed by atoms with Crippen LogP contribution in [0.15, 0.2) is 0 Å². The van der Waals surface area contributed by atoms with E-state index in [0.717, 1.165) is 23.7 Å². The fourth-order valence-electron chi connectivity index (χ4n) is 2.34. The van der Waals surface area contributed by atoms with Gasteiger partial charge in [0, 0.05) is 0 Å². The van der Waals surface area contributed by atoms with Crippen LogP contribution in [0.3, 0.4) is 0 Å². The zero-order valence-electron chi connectivity index (χ0n) is 10.6. The molecule has 0 spiro atoms. The molecule has 1 saturated carbocycles. The van der Waals surface area contributed by atoms with Gasteiger partial charge in [0.15, 0.2) is 0 Å². The molecule has 1 aliphatic rings. The van der Waals surface area contributed by atoms with Gasteiger partial charge in [-0.1, -0.05) is 40.5 Å². The topological polar surface area (TPSA) is 0 Å². The van der Waals surface area contributed by atoms with Crippen molar-refractivity contribution in [1.82, 2.24) is 0 Å². The highest BCUT2D eigenvalue weighted by Gasteiger charge is 2.31. The highest BCUT2D eigenvalue weighted by atomic mass is 14.4. The zero-order chi connectivity index (χ0) is 10.6. The Hall–Kier alpha value is 0. The van der Waals surface area contributed by atoms with Crippen LogP contribution in [0, 0.1) is 23.7 Å².